The van der Waals surface area contributed by atoms with Gasteiger partial charge in [-0.25, -0.2) is 4.98 Å². The molecule has 0 aliphatic rings. The quantitative estimate of drug-likeness (QED) is 0.739. The van der Waals surface area contributed by atoms with Crippen LogP contribution in [-0.4, -0.2) is 4.98 Å². The molecule has 0 bridgehead atoms. The zero-order valence-corrected chi connectivity index (χ0v) is 11.2. The molecule has 3 rings (SSSR count). The minimum atomic E-state index is 0.857. The number of hydrogen-bond acceptors (Lipinski definition) is 2. The second-order valence-corrected chi connectivity index (χ2v) is 4.97. The Labute approximate surface area is 114 Å². The maximum absolute atomic E-state index is 4.41. The number of anilines is 2. The van der Waals surface area contributed by atoms with Crippen LogP contribution in [0.1, 0.15) is 0 Å². The van der Waals surface area contributed by atoms with Crippen LogP contribution in [0.15, 0.2) is 65.3 Å². The molecule has 2 aromatic carbocycles. The topological polar surface area (TPSA) is 24.9 Å². The minimum absolute atomic E-state index is 0.857. The molecule has 0 saturated carbocycles. The van der Waals surface area contributed by atoms with Gasteiger partial charge in [-0.3, -0.25) is 0 Å². The van der Waals surface area contributed by atoms with Crippen molar-refractivity contribution in [3.63, 3.8) is 0 Å². The molecule has 0 fully saturated rings. The summed E-state index contributed by atoms with van der Waals surface area (Å²) in [5, 5.41) is 5.59. The van der Waals surface area contributed by atoms with E-state index in [2.05, 4.69) is 44.4 Å². The zero-order valence-electron chi connectivity index (χ0n) is 9.60. The van der Waals surface area contributed by atoms with Crippen molar-refractivity contribution in [3.05, 3.63) is 65.3 Å². The molecule has 0 saturated heterocycles. The van der Waals surface area contributed by atoms with E-state index < -0.39 is 0 Å². The molecule has 18 heavy (non-hydrogen) atoms. The van der Waals surface area contributed by atoms with Gasteiger partial charge in [0.05, 0.1) is 0 Å². The Kier molecular flexibility index (Phi) is 2.99. The molecule has 0 aliphatic carbocycles. The molecule has 0 amide bonds. The van der Waals surface area contributed by atoms with Crippen LogP contribution < -0.4 is 5.32 Å². The van der Waals surface area contributed by atoms with Gasteiger partial charge in [-0.1, -0.05) is 40.2 Å². The lowest BCUT2D eigenvalue weighted by atomic mass is 10.2. The lowest BCUT2D eigenvalue weighted by Crippen LogP contribution is -1.92. The maximum Gasteiger partial charge on any atom is 0.130 e. The summed E-state index contributed by atoms with van der Waals surface area (Å²) in [6, 6.07) is 18.3. The van der Waals surface area contributed by atoms with E-state index in [4.69, 9.17) is 0 Å². The van der Waals surface area contributed by atoms with Crippen LogP contribution in [0.3, 0.4) is 0 Å². The van der Waals surface area contributed by atoms with Gasteiger partial charge in [-0.2, -0.15) is 0 Å². The van der Waals surface area contributed by atoms with E-state index in [1.54, 1.807) is 0 Å². The normalized spacial score (nSPS) is 10.5. The molecule has 0 spiro atoms. The van der Waals surface area contributed by atoms with Gasteiger partial charge in [-0.05, 0) is 35.7 Å². The van der Waals surface area contributed by atoms with Gasteiger partial charge in [0, 0.05) is 21.7 Å². The summed E-state index contributed by atoms with van der Waals surface area (Å²) in [6.45, 7) is 0. The van der Waals surface area contributed by atoms with E-state index in [1.807, 2.05) is 42.6 Å². The van der Waals surface area contributed by atoms with Gasteiger partial charge >= 0.3 is 0 Å². The molecule has 3 heteroatoms. The smallest absolute Gasteiger partial charge is 0.130 e. The third kappa shape index (κ3) is 2.36. The molecular weight excluding hydrogens is 288 g/mol. The Morgan fingerprint density at radius 2 is 1.72 bits per heavy atom. The van der Waals surface area contributed by atoms with Crippen LogP contribution in [0.5, 0.6) is 0 Å². The fourth-order valence-electron chi connectivity index (χ4n) is 1.85. The van der Waals surface area contributed by atoms with Crippen molar-refractivity contribution in [2.45, 2.75) is 0 Å². The average Bonchev–Trinajstić information content (AvgIpc) is 2.40. The number of nitrogens with zero attached hydrogens (tertiary/aromatic N) is 1. The Morgan fingerprint density at radius 1 is 0.889 bits per heavy atom. The van der Waals surface area contributed by atoms with Crippen LogP contribution in [0.25, 0.3) is 10.8 Å². The first-order chi connectivity index (χ1) is 8.81. The van der Waals surface area contributed by atoms with Gasteiger partial charge < -0.3 is 5.32 Å². The van der Waals surface area contributed by atoms with Crippen LogP contribution in [0.2, 0.25) is 0 Å². The fraction of sp³-hybridized carbons (Fsp3) is 0. The molecular formula is C15H11BrN2. The lowest BCUT2D eigenvalue weighted by molar-refractivity contribution is 1.33. The Morgan fingerprint density at radius 3 is 2.56 bits per heavy atom. The summed E-state index contributed by atoms with van der Waals surface area (Å²) in [4.78, 5) is 4.41. The van der Waals surface area contributed by atoms with E-state index in [-0.39, 0.29) is 0 Å². The molecule has 1 N–H and O–H groups in total. The van der Waals surface area contributed by atoms with Gasteiger partial charge in [0.15, 0.2) is 0 Å². The Hall–Kier alpha value is -1.87. The van der Waals surface area contributed by atoms with Gasteiger partial charge in [0.2, 0.25) is 0 Å². The fourth-order valence-corrected chi connectivity index (χ4v) is 2.23. The van der Waals surface area contributed by atoms with Crippen molar-refractivity contribution in [2.24, 2.45) is 0 Å². The SMILES string of the molecule is Brc1ccc2cc(Nc3ccccc3)ncc2c1. The number of pyridine rings is 1. The molecule has 3 aromatic rings. The number of nitrogens with one attached hydrogen (secondary N) is 1. The standard InChI is InChI=1S/C15H11BrN2/c16-13-7-6-11-9-15(17-10-12(11)8-13)18-14-4-2-1-3-5-14/h1-10H,(H,17,18). The number of halogens is 1. The summed E-state index contributed by atoms with van der Waals surface area (Å²) in [5.41, 5.74) is 1.04. The van der Waals surface area contributed by atoms with Crippen molar-refractivity contribution in [3.8, 4) is 0 Å². The second kappa shape index (κ2) is 4.78. The molecule has 88 valence electrons. The number of rotatable bonds is 2. The van der Waals surface area contributed by atoms with Crippen molar-refractivity contribution in [1.82, 2.24) is 4.98 Å². The largest absolute Gasteiger partial charge is 0.340 e. The minimum Gasteiger partial charge on any atom is -0.340 e. The molecule has 0 radical (unpaired) electrons. The summed E-state index contributed by atoms with van der Waals surface area (Å²) in [6.07, 6.45) is 1.88. The number of fused-ring (bicyclic) bond motifs is 1. The van der Waals surface area contributed by atoms with Gasteiger partial charge in [-0.15, -0.1) is 0 Å². The molecule has 1 heterocycles. The zero-order chi connectivity index (χ0) is 12.4. The third-order valence-electron chi connectivity index (χ3n) is 2.73. The highest BCUT2D eigenvalue weighted by Crippen LogP contribution is 2.22. The molecule has 0 unspecified atom stereocenters. The average molecular weight is 299 g/mol. The monoisotopic (exact) mass is 298 g/mol. The Bertz CT molecular complexity index is 680. The van der Waals surface area contributed by atoms with Crippen LogP contribution in [0.4, 0.5) is 11.5 Å². The second-order valence-electron chi connectivity index (χ2n) is 4.05. The maximum atomic E-state index is 4.41. The van der Waals surface area contributed by atoms with Crippen LogP contribution in [-0.2, 0) is 0 Å². The van der Waals surface area contributed by atoms with E-state index in [9.17, 15) is 0 Å². The molecule has 2 nitrogen and oxygen atoms in total. The molecule has 1 aromatic heterocycles. The highest BCUT2D eigenvalue weighted by atomic mass is 79.9. The van der Waals surface area contributed by atoms with E-state index in [1.165, 1.54) is 5.39 Å². The van der Waals surface area contributed by atoms with E-state index in [0.29, 0.717) is 0 Å². The van der Waals surface area contributed by atoms with Crippen molar-refractivity contribution >= 4 is 38.2 Å². The lowest BCUT2D eigenvalue weighted by Gasteiger charge is -2.06. The number of benzene rings is 2. The first kappa shape index (κ1) is 11.2. The highest BCUT2D eigenvalue weighted by Gasteiger charge is 1.99. The predicted molar refractivity (Wildman–Crippen MR) is 79.2 cm³/mol. The Balaban J connectivity index is 1.96. The van der Waals surface area contributed by atoms with Crippen molar-refractivity contribution in [2.75, 3.05) is 5.32 Å². The summed E-state index contributed by atoms with van der Waals surface area (Å²) < 4.78 is 1.07. The van der Waals surface area contributed by atoms with E-state index >= 15 is 0 Å². The number of aromatic nitrogens is 1. The first-order valence-corrected chi connectivity index (χ1v) is 6.48. The van der Waals surface area contributed by atoms with Crippen molar-refractivity contribution in [1.29, 1.82) is 0 Å². The molecule has 0 aliphatic heterocycles. The third-order valence-corrected chi connectivity index (χ3v) is 3.22. The summed E-state index contributed by atoms with van der Waals surface area (Å²) >= 11 is 3.46. The van der Waals surface area contributed by atoms with E-state index in [0.717, 1.165) is 21.4 Å². The first-order valence-electron chi connectivity index (χ1n) is 5.69. The van der Waals surface area contributed by atoms with Gasteiger partial charge in [0.25, 0.3) is 0 Å². The number of hydrogen-bond donors (Lipinski definition) is 1. The van der Waals surface area contributed by atoms with Crippen molar-refractivity contribution < 1.29 is 0 Å². The highest BCUT2D eigenvalue weighted by molar-refractivity contribution is 9.10. The van der Waals surface area contributed by atoms with Crippen LogP contribution >= 0.6 is 15.9 Å². The molecule has 0 atom stereocenters. The van der Waals surface area contributed by atoms with Gasteiger partial charge in [0.1, 0.15) is 5.82 Å². The van der Waals surface area contributed by atoms with Crippen LogP contribution in [0, 0.1) is 0 Å². The summed E-state index contributed by atoms with van der Waals surface area (Å²) in [5.74, 6) is 0.857. The summed E-state index contributed by atoms with van der Waals surface area (Å²) in [7, 11) is 0. The predicted octanol–water partition coefficient (Wildman–Crippen LogP) is 4.74. The number of para-hydroxylation sites is 1.